The van der Waals surface area contributed by atoms with Crippen LogP contribution in [0.4, 0.5) is 5.82 Å². The molecule has 0 spiro atoms. The standard InChI is InChI=1S/C16H19N5O/c1-12-8-13(2)21(19-12)11-15-10-20(6-7-22-15)16-14(9-17)4-3-5-18-16/h3-5,8,15H,6-7,10-11H2,1-2H3/t15-/m1/s1. The summed E-state index contributed by atoms with van der Waals surface area (Å²) in [4.78, 5) is 6.49. The Morgan fingerprint density at radius 1 is 1.45 bits per heavy atom. The molecule has 0 unspecified atom stereocenters. The molecule has 1 aliphatic heterocycles. The summed E-state index contributed by atoms with van der Waals surface area (Å²) < 4.78 is 7.84. The van der Waals surface area contributed by atoms with Crippen LogP contribution in [0.2, 0.25) is 0 Å². The SMILES string of the molecule is Cc1cc(C)n(C[C@H]2CN(c3ncccc3C#N)CCO2)n1. The highest BCUT2D eigenvalue weighted by Gasteiger charge is 2.24. The lowest BCUT2D eigenvalue weighted by molar-refractivity contribution is 0.0267. The number of pyridine rings is 1. The number of rotatable bonds is 3. The van der Waals surface area contributed by atoms with E-state index in [0.29, 0.717) is 25.3 Å². The molecule has 22 heavy (non-hydrogen) atoms. The first-order valence-corrected chi connectivity index (χ1v) is 7.40. The maximum absolute atomic E-state index is 9.23. The first-order valence-electron chi connectivity index (χ1n) is 7.40. The maximum atomic E-state index is 9.23. The molecule has 114 valence electrons. The highest BCUT2D eigenvalue weighted by atomic mass is 16.5. The molecular formula is C16H19N5O. The highest BCUT2D eigenvalue weighted by molar-refractivity contribution is 5.53. The average molecular weight is 297 g/mol. The van der Waals surface area contributed by atoms with Crippen molar-refractivity contribution in [1.29, 1.82) is 5.26 Å². The lowest BCUT2D eigenvalue weighted by Crippen LogP contribution is -2.45. The molecule has 1 saturated heterocycles. The van der Waals surface area contributed by atoms with Gasteiger partial charge in [0.05, 0.1) is 30.5 Å². The first-order chi connectivity index (χ1) is 10.7. The minimum Gasteiger partial charge on any atom is -0.373 e. The molecule has 1 atom stereocenters. The van der Waals surface area contributed by atoms with Crippen molar-refractivity contribution in [2.45, 2.75) is 26.5 Å². The number of nitriles is 1. The number of anilines is 1. The van der Waals surface area contributed by atoms with E-state index in [-0.39, 0.29) is 6.10 Å². The summed E-state index contributed by atoms with van der Waals surface area (Å²) in [6, 6.07) is 7.86. The number of hydrogen-bond acceptors (Lipinski definition) is 5. The van der Waals surface area contributed by atoms with Crippen molar-refractivity contribution < 1.29 is 4.74 Å². The minimum atomic E-state index is 0.0419. The Morgan fingerprint density at radius 2 is 2.32 bits per heavy atom. The van der Waals surface area contributed by atoms with Gasteiger partial charge in [0.1, 0.15) is 11.9 Å². The molecule has 0 bridgehead atoms. The van der Waals surface area contributed by atoms with Crippen LogP contribution in [0.25, 0.3) is 0 Å². The Labute approximate surface area is 129 Å². The molecule has 0 radical (unpaired) electrons. The van der Waals surface area contributed by atoms with Crippen molar-refractivity contribution in [3.05, 3.63) is 41.3 Å². The Hall–Kier alpha value is -2.39. The molecule has 6 heteroatoms. The molecule has 1 fully saturated rings. The molecule has 2 aromatic rings. The Morgan fingerprint density at radius 3 is 3.05 bits per heavy atom. The molecule has 6 nitrogen and oxygen atoms in total. The Bertz CT molecular complexity index is 703. The normalized spacial score (nSPS) is 18.2. The molecule has 0 aliphatic carbocycles. The number of nitrogens with zero attached hydrogens (tertiary/aromatic N) is 5. The lowest BCUT2D eigenvalue weighted by atomic mass is 10.2. The van der Waals surface area contributed by atoms with Crippen LogP contribution in [0.1, 0.15) is 17.0 Å². The van der Waals surface area contributed by atoms with E-state index in [1.165, 1.54) is 0 Å². The van der Waals surface area contributed by atoms with Gasteiger partial charge >= 0.3 is 0 Å². The summed E-state index contributed by atoms with van der Waals surface area (Å²) >= 11 is 0. The quantitative estimate of drug-likeness (QED) is 0.862. The van der Waals surface area contributed by atoms with Crippen LogP contribution in [0.5, 0.6) is 0 Å². The molecule has 0 aromatic carbocycles. The van der Waals surface area contributed by atoms with E-state index < -0.39 is 0 Å². The maximum Gasteiger partial charge on any atom is 0.146 e. The molecule has 3 heterocycles. The topological polar surface area (TPSA) is 67.0 Å². The molecular weight excluding hydrogens is 278 g/mol. The smallest absolute Gasteiger partial charge is 0.146 e. The van der Waals surface area contributed by atoms with Crippen molar-refractivity contribution in [3.63, 3.8) is 0 Å². The van der Waals surface area contributed by atoms with Crippen molar-refractivity contribution in [2.24, 2.45) is 0 Å². The number of hydrogen-bond donors (Lipinski definition) is 0. The van der Waals surface area contributed by atoms with Crippen molar-refractivity contribution in [1.82, 2.24) is 14.8 Å². The van der Waals surface area contributed by atoms with Gasteiger partial charge in [-0.3, -0.25) is 4.68 Å². The predicted molar refractivity (Wildman–Crippen MR) is 82.6 cm³/mol. The summed E-state index contributed by atoms with van der Waals surface area (Å²) in [5.74, 6) is 0.742. The van der Waals surface area contributed by atoms with E-state index in [1.807, 2.05) is 18.5 Å². The molecule has 1 aliphatic rings. The van der Waals surface area contributed by atoms with Gasteiger partial charge in [-0.05, 0) is 32.0 Å². The number of ether oxygens (including phenoxy) is 1. The fourth-order valence-corrected chi connectivity index (χ4v) is 2.81. The summed E-state index contributed by atoms with van der Waals surface area (Å²) in [7, 11) is 0. The minimum absolute atomic E-state index is 0.0419. The molecule has 3 rings (SSSR count). The van der Waals surface area contributed by atoms with Gasteiger partial charge in [0, 0.05) is 25.0 Å². The predicted octanol–water partition coefficient (Wildman–Crippen LogP) is 1.67. The zero-order valence-corrected chi connectivity index (χ0v) is 12.9. The van der Waals surface area contributed by atoms with E-state index in [9.17, 15) is 5.26 Å². The summed E-state index contributed by atoms with van der Waals surface area (Å²) in [5, 5.41) is 13.7. The van der Waals surface area contributed by atoms with Gasteiger partial charge in [0.2, 0.25) is 0 Å². The van der Waals surface area contributed by atoms with Crippen LogP contribution < -0.4 is 4.90 Å². The second kappa shape index (κ2) is 6.16. The van der Waals surface area contributed by atoms with Crippen LogP contribution in [-0.2, 0) is 11.3 Å². The molecule has 0 saturated carbocycles. The van der Waals surface area contributed by atoms with Crippen LogP contribution in [0.3, 0.4) is 0 Å². The third kappa shape index (κ3) is 2.95. The van der Waals surface area contributed by atoms with Crippen LogP contribution in [0.15, 0.2) is 24.4 Å². The third-order valence-electron chi connectivity index (χ3n) is 3.83. The van der Waals surface area contributed by atoms with Crippen molar-refractivity contribution in [3.8, 4) is 6.07 Å². The molecule has 2 aromatic heterocycles. The first kappa shape index (κ1) is 14.5. The fraction of sp³-hybridized carbons (Fsp3) is 0.438. The van der Waals surface area contributed by atoms with Crippen LogP contribution in [-0.4, -0.2) is 40.6 Å². The largest absolute Gasteiger partial charge is 0.373 e. The van der Waals surface area contributed by atoms with E-state index in [0.717, 1.165) is 23.8 Å². The second-order valence-corrected chi connectivity index (χ2v) is 5.53. The van der Waals surface area contributed by atoms with Gasteiger partial charge in [0.15, 0.2) is 0 Å². The van der Waals surface area contributed by atoms with E-state index in [1.54, 1.807) is 18.3 Å². The van der Waals surface area contributed by atoms with Crippen LogP contribution >= 0.6 is 0 Å². The molecule has 0 N–H and O–H groups in total. The third-order valence-corrected chi connectivity index (χ3v) is 3.83. The Balaban J connectivity index is 1.74. The summed E-state index contributed by atoms with van der Waals surface area (Å²) in [5.41, 5.74) is 2.75. The summed E-state index contributed by atoms with van der Waals surface area (Å²) in [6.07, 6.45) is 1.77. The zero-order valence-electron chi connectivity index (χ0n) is 12.9. The van der Waals surface area contributed by atoms with Gasteiger partial charge in [-0.1, -0.05) is 0 Å². The van der Waals surface area contributed by atoms with Gasteiger partial charge in [-0.2, -0.15) is 10.4 Å². The lowest BCUT2D eigenvalue weighted by Gasteiger charge is -2.34. The van der Waals surface area contributed by atoms with Crippen molar-refractivity contribution >= 4 is 5.82 Å². The Kier molecular flexibility index (Phi) is 4.07. The fourth-order valence-electron chi connectivity index (χ4n) is 2.81. The summed E-state index contributed by atoms with van der Waals surface area (Å²) in [6.45, 7) is 6.84. The van der Waals surface area contributed by atoms with Gasteiger partial charge in [-0.25, -0.2) is 4.98 Å². The number of aromatic nitrogens is 3. The van der Waals surface area contributed by atoms with Gasteiger partial charge < -0.3 is 9.64 Å². The number of aryl methyl sites for hydroxylation is 2. The van der Waals surface area contributed by atoms with Gasteiger partial charge in [0.25, 0.3) is 0 Å². The van der Waals surface area contributed by atoms with E-state index in [4.69, 9.17) is 4.74 Å². The highest BCUT2D eigenvalue weighted by Crippen LogP contribution is 2.20. The van der Waals surface area contributed by atoms with E-state index in [2.05, 4.69) is 27.1 Å². The average Bonchev–Trinajstić information content (AvgIpc) is 2.85. The van der Waals surface area contributed by atoms with Gasteiger partial charge in [-0.15, -0.1) is 0 Å². The zero-order chi connectivity index (χ0) is 15.5. The monoisotopic (exact) mass is 297 g/mol. The second-order valence-electron chi connectivity index (χ2n) is 5.53. The number of morpholine rings is 1. The molecule has 0 amide bonds. The van der Waals surface area contributed by atoms with Crippen molar-refractivity contribution in [2.75, 3.05) is 24.6 Å². The van der Waals surface area contributed by atoms with E-state index >= 15 is 0 Å². The van der Waals surface area contributed by atoms with Crippen LogP contribution in [0, 0.1) is 25.2 Å².